The predicted octanol–water partition coefficient (Wildman–Crippen LogP) is 3.08. The molecule has 3 heterocycles. The first kappa shape index (κ1) is 10.6. The molecule has 0 radical (unpaired) electrons. The van der Waals surface area contributed by atoms with Crippen molar-refractivity contribution >= 4 is 11.6 Å². The highest BCUT2D eigenvalue weighted by Crippen LogP contribution is 2.41. The van der Waals surface area contributed by atoms with Gasteiger partial charge in [0.1, 0.15) is 0 Å². The number of nitrogens with one attached hydrogen (secondary N) is 2. The highest BCUT2D eigenvalue weighted by molar-refractivity contribution is 6.33. The number of rotatable bonds is 1. The number of hydrogen-bond donors (Lipinski definition) is 2. The summed E-state index contributed by atoms with van der Waals surface area (Å²) in [6.07, 6.45) is 3.52. The lowest BCUT2D eigenvalue weighted by Crippen LogP contribution is -2.31. The van der Waals surface area contributed by atoms with Gasteiger partial charge >= 0.3 is 0 Å². The van der Waals surface area contributed by atoms with E-state index in [9.17, 15) is 0 Å². The summed E-state index contributed by atoms with van der Waals surface area (Å²) in [7, 11) is 0. The van der Waals surface area contributed by atoms with Gasteiger partial charge in [-0.2, -0.15) is 5.10 Å². The SMILES string of the molecule is Clc1ccccc1-c1n[nH]c2c1C1CCC(C2)N1. The van der Waals surface area contributed by atoms with Gasteiger partial charge in [0, 0.05) is 35.3 Å². The summed E-state index contributed by atoms with van der Waals surface area (Å²) < 4.78 is 0. The Labute approximate surface area is 111 Å². The highest BCUT2D eigenvalue weighted by Gasteiger charge is 2.36. The van der Waals surface area contributed by atoms with Crippen molar-refractivity contribution < 1.29 is 0 Å². The number of H-pyrrole nitrogens is 1. The van der Waals surface area contributed by atoms with Crippen LogP contribution in [0.1, 0.15) is 30.1 Å². The average Bonchev–Trinajstić information content (AvgIpc) is 2.96. The highest BCUT2D eigenvalue weighted by atomic mass is 35.5. The van der Waals surface area contributed by atoms with Crippen LogP contribution in [0.3, 0.4) is 0 Å². The van der Waals surface area contributed by atoms with Crippen molar-refractivity contribution in [3.63, 3.8) is 0 Å². The average molecular weight is 260 g/mol. The molecule has 1 saturated heterocycles. The van der Waals surface area contributed by atoms with Gasteiger partial charge in [0.25, 0.3) is 0 Å². The van der Waals surface area contributed by atoms with Crippen molar-refractivity contribution in [2.45, 2.75) is 31.3 Å². The molecular weight excluding hydrogens is 246 g/mol. The molecule has 0 aliphatic carbocycles. The number of nitrogens with zero attached hydrogens (tertiary/aromatic N) is 1. The fourth-order valence-electron chi connectivity index (χ4n) is 3.23. The monoisotopic (exact) mass is 259 g/mol. The van der Waals surface area contributed by atoms with Crippen molar-refractivity contribution in [1.82, 2.24) is 15.5 Å². The van der Waals surface area contributed by atoms with Crippen LogP contribution in [0, 0.1) is 0 Å². The number of fused-ring (bicyclic) bond motifs is 4. The second-order valence-electron chi connectivity index (χ2n) is 5.14. The summed E-state index contributed by atoms with van der Waals surface area (Å²) in [5, 5.41) is 12.1. The second-order valence-corrected chi connectivity index (χ2v) is 5.55. The van der Waals surface area contributed by atoms with Gasteiger partial charge in [-0.1, -0.05) is 29.8 Å². The first-order valence-corrected chi connectivity index (χ1v) is 6.79. The van der Waals surface area contributed by atoms with Crippen LogP contribution in [-0.2, 0) is 6.42 Å². The van der Waals surface area contributed by atoms with Gasteiger partial charge in [-0.05, 0) is 18.9 Å². The van der Waals surface area contributed by atoms with Crippen LogP contribution in [0.5, 0.6) is 0 Å². The minimum Gasteiger partial charge on any atom is -0.307 e. The van der Waals surface area contributed by atoms with E-state index in [1.165, 1.54) is 24.1 Å². The van der Waals surface area contributed by atoms with Crippen LogP contribution < -0.4 is 5.32 Å². The molecule has 1 aromatic carbocycles. The number of aromatic amines is 1. The van der Waals surface area contributed by atoms with E-state index < -0.39 is 0 Å². The van der Waals surface area contributed by atoms with Gasteiger partial charge in [0.05, 0.1) is 10.7 Å². The van der Waals surface area contributed by atoms with Crippen LogP contribution in [-0.4, -0.2) is 16.2 Å². The zero-order valence-electron chi connectivity index (χ0n) is 9.91. The molecule has 2 aromatic rings. The van der Waals surface area contributed by atoms with Crippen molar-refractivity contribution in [2.24, 2.45) is 0 Å². The predicted molar refractivity (Wildman–Crippen MR) is 71.6 cm³/mol. The Kier molecular flexibility index (Phi) is 2.26. The fourth-order valence-corrected chi connectivity index (χ4v) is 3.46. The molecule has 0 saturated carbocycles. The van der Waals surface area contributed by atoms with E-state index in [1.54, 1.807) is 0 Å². The second kappa shape index (κ2) is 3.84. The maximum absolute atomic E-state index is 6.29. The maximum atomic E-state index is 6.29. The zero-order valence-corrected chi connectivity index (χ0v) is 10.7. The quantitative estimate of drug-likeness (QED) is 0.826. The maximum Gasteiger partial charge on any atom is 0.0986 e. The topological polar surface area (TPSA) is 40.7 Å². The Morgan fingerprint density at radius 1 is 1.22 bits per heavy atom. The summed E-state index contributed by atoms with van der Waals surface area (Å²) >= 11 is 6.29. The summed E-state index contributed by atoms with van der Waals surface area (Å²) in [6.45, 7) is 0. The molecule has 18 heavy (non-hydrogen) atoms. The Bertz CT molecular complexity index is 605. The zero-order chi connectivity index (χ0) is 12.1. The van der Waals surface area contributed by atoms with Crippen molar-refractivity contribution in [2.75, 3.05) is 0 Å². The van der Waals surface area contributed by atoms with Crippen LogP contribution in [0.2, 0.25) is 5.02 Å². The van der Waals surface area contributed by atoms with Gasteiger partial charge in [0.15, 0.2) is 0 Å². The molecule has 4 rings (SSSR count). The van der Waals surface area contributed by atoms with Crippen molar-refractivity contribution in [1.29, 1.82) is 0 Å². The third-order valence-corrected chi connectivity index (χ3v) is 4.38. The van der Waals surface area contributed by atoms with Crippen LogP contribution >= 0.6 is 11.6 Å². The van der Waals surface area contributed by atoms with Crippen molar-refractivity contribution in [3.05, 3.63) is 40.5 Å². The minimum absolute atomic E-state index is 0.448. The lowest BCUT2D eigenvalue weighted by Gasteiger charge is -2.21. The Balaban J connectivity index is 1.89. The summed E-state index contributed by atoms with van der Waals surface area (Å²) in [5.74, 6) is 0. The molecule has 2 unspecified atom stereocenters. The van der Waals surface area contributed by atoms with E-state index >= 15 is 0 Å². The largest absolute Gasteiger partial charge is 0.307 e. The van der Waals surface area contributed by atoms with Gasteiger partial charge in [0.2, 0.25) is 0 Å². The molecule has 2 bridgehead atoms. The van der Waals surface area contributed by atoms with E-state index in [1.807, 2.05) is 24.3 Å². The van der Waals surface area contributed by atoms with Crippen molar-refractivity contribution in [3.8, 4) is 11.3 Å². The molecule has 0 spiro atoms. The fraction of sp³-hybridized carbons (Fsp3) is 0.357. The molecule has 2 atom stereocenters. The van der Waals surface area contributed by atoms with E-state index in [2.05, 4.69) is 15.5 Å². The summed E-state index contributed by atoms with van der Waals surface area (Å²) in [5.41, 5.74) is 4.67. The molecule has 2 aliphatic heterocycles. The molecule has 3 nitrogen and oxygen atoms in total. The van der Waals surface area contributed by atoms with Gasteiger partial charge in [-0.15, -0.1) is 0 Å². The standard InChI is InChI=1S/C14H14ClN3/c15-10-4-2-1-3-9(10)14-13-11-6-5-8(16-11)7-12(13)17-18-14/h1-4,8,11,16H,5-7H2,(H,17,18). The van der Waals surface area contributed by atoms with Gasteiger partial charge < -0.3 is 5.32 Å². The molecule has 1 fully saturated rings. The summed E-state index contributed by atoms with van der Waals surface area (Å²) in [4.78, 5) is 0. The first-order valence-electron chi connectivity index (χ1n) is 6.41. The van der Waals surface area contributed by atoms with Crippen LogP contribution in [0.4, 0.5) is 0 Å². The Morgan fingerprint density at radius 2 is 2.11 bits per heavy atom. The number of aromatic nitrogens is 2. The van der Waals surface area contributed by atoms with Gasteiger partial charge in [-0.3, -0.25) is 5.10 Å². The molecule has 2 N–H and O–H groups in total. The Hall–Kier alpha value is -1.32. The number of halogens is 1. The van der Waals surface area contributed by atoms with Crippen LogP contribution in [0.15, 0.2) is 24.3 Å². The molecule has 0 amide bonds. The third-order valence-electron chi connectivity index (χ3n) is 4.05. The Morgan fingerprint density at radius 3 is 3.00 bits per heavy atom. The van der Waals surface area contributed by atoms with E-state index in [4.69, 9.17) is 11.6 Å². The third kappa shape index (κ3) is 1.44. The first-order chi connectivity index (χ1) is 8.83. The number of benzene rings is 1. The molecule has 1 aromatic heterocycles. The lowest BCUT2D eigenvalue weighted by atomic mass is 9.96. The molecule has 92 valence electrons. The molecule has 4 heteroatoms. The van der Waals surface area contributed by atoms with Crippen LogP contribution in [0.25, 0.3) is 11.3 Å². The molecule has 2 aliphatic rings. The lowest BCUT2D eigenvalue weighted by molar-refractivity contribution is 0.511. The number of hydrogen-bond acceptors (Lipinski definition) is 2. The normalized spacial score (nSPS) is 25.2. The van der Waals surface area contributed by atoms with Gasteiger partial charge in [-0.25, -0.2) is 0 Å². The van der Waals surface area contributed by atoms with E-state index in [0.29, 0.717) is 12.1 Å². The van der Waals surface area contributed by atoms with E-state index in [0.717, 1.165) is 22.7 Å². The minimum atomic E-state index is 0.448. The van der Waals surface area contributed by atoms with E-state index in [-0.39, 0.29) is 0 Å². The smallest absolute Gasteiger partial charge is 0.0986 e. The molecular formula is C14H14ClN3. The summed E-state index contributed by atoms with van der Waals surface area (Å²) in [6, 6.07) is 9.00.